The van der Waals surface area contributed by atoms with Crippen molar-refractivity contribution in [3.05, 3.63) is 24.0 Å². The Balaban J connectivity index is 2.79. The lowest BCUT2D eigenvalue weighted by molar-refractivity contribution is -0.419. The van der Waals surface area contributed by atoms with Crippen molar-refractivity contribution in [3.8, 4) is 5.75 Å². The van der Waals surface area contributed by atoms with Crippen LogP contribution >= 0.6 is 0 Å². The minimum atomic E-state index is -3.30. The van der Waals surface area contributed by atoms with Crippen LogP contribution in [0.4, 0.5) is 0 Å². The highest BCUT2D eigenvalue weighted by Gasteiger charge is 2.21. The zero-order valence-electron chi connectivity index (χ0n) is 6.78. The van der Waals surface area contributed by atoms with Gasteiger partial charge in [-0.1, -0.05) is 0 Å². The van der Waals surface area contributed by atoms with Gasteiger partial charge < -0.3 is 25.2 Å². The van der Waals surface area contributed by atoms with E-state index in [9.17, 15) is 4.79 Å². The number of hydrogen-bond acceptors (Lipinski definition) is 6. The minimum absolute atomic E-state index is 0.178. The van der Waals surface area contributed by atoms with E-state index in [-0.39, 0.29) is 11.4 Å². The van der Waals surface area contributed by atoms with Crippen LogP contribution in [-0.2, 0) is 0 Å². The first-order chi connectivity index (χ1) is 6.38. The maximum atomic E-state index is 10.3. The topological polar surface area (TPSA) is 120 Å². The van der Waals surface area contributed by atoms with Crippen LogP contribution < -0.4 is 4.74 Å². The van der Waals surface area contributed by atoms with Gasteiger partial charge in [-0.3, -0.25) is 0 Å². The molecule has 0 bridgehead atoms. The van der Waals surface area contributed by atoms with Crippen molar-refractivity contribution >= 4 is 5.97 Å². The molecule has 14 heavy (non-hydrogen) atoms. The van der Waals surface area contributed by atoms with Crippen LogP contribution in [0.15, 0.2) is 18.3 Å². The molecule has 0 radical (unpaired) electrons. The first-order valence-corrected chi connectivity index (χ1v) is 3.44. The van der Waals surface area contributed by atoms with E-state index in [1.165, 1.54) is 0 Å². The summed E-state index contributed by atoms with van der Waals surface area (Å²) in [6.45, 7) is 0. The third-order valence-corrected chi connectivity index (χ3v) is 1.21. The minimum Gasteiger partial charge on any atom is -0.477 e. The smallest absolute Gasteiger partial charge is 0.453 e. The van der Waals surface area contributed by atoms with Crippen molar-refractivity contribution in [1.82, 2.24) is 4.98 Å². The molecule has 0 spiro atoms. The van der Waals surface area contributed by atoms with E-state index in [4.69, 9.17) is 20.4 Å². The molecule has 1 heterocycles. The highest BCUT2D eigenvalue weighted by atomic mass is 16.9. The van der Waals surface area contributed by atoms with Crippen molar-refractivity contribution < 1.29 is 30.0 Å². The molecule has 0 aliphatic carbocycles. The molecule has 1 aromatic heterocycles. The van der Waals surface area contributed by atoms with Gasteiger partial charge in [-0.15, -0.1) is 0 Å². The number of aliphatic hydroxyl groups is 3. The number of aromatic nitrogens is 1. The van der Waals surface area contributed by atoms with Gasteiger partial charge in [0, 0.05) is 0 Å². The molecule has 1 rings (SSSR count). The van der Waals surface area contributed by atoms with Crippen molar-refractivity contribution in [1.29, 1.82) is 0 Å². The zero-order valence-corrected chi connectivity index (χ0v) is 6.78. The van der Waals surface area contributed by atoms with Crippen molar-refractivity contribution in [2.75, 3.05) is 0 Å². The standard InChI is InChI=1S/C7H7NO6/c9-6(10)5-2-1-4(3-8-5)14-7(11,12)13/h1-3,11-13H,(H,9,10). The predicted molar refractivity (Wildman–Crippen MR) is 41.2 cm³/mol. The average Bonchev–Trinajstić information content (AvgIpc) is 2.02. The van der Waals surface area contributed by atoms with Crippen LogP contribution in [0, 0.1) is 0 Å². The summed E-state index contributed by atoms with van der Waals surface area (Å²) in [4.78, 5) is 13.8. The van der Waals surface area contributed by atoms with Gasteiger partial charge in [-0.05, 0) is 12.1 Å². The van der Waals surface area contributed by atoms with Crippen molar-refractivity contribution in [2.45, 2.75) is 6.16 Å². The largest absolute Gasteiger partial charge is 0.477 e. The molecular weight excluding hydrogens is 194 g/mol. The molecule has 0 saturated heterocycles. The van der Waals surface area contributed by atoms with Crippen molar-refractivity contribution in [2.24, 2.45) is 0 Å². The van der Waals surface area contributed by atoms with E-state index >= 15 is 0 Å². The summed E-state index contributed by atoms with van der Waals surface area (Å²) in [5.74, 6) is -1.40. The molecule has 76 valence electrons. The molecular formula is C7H7NO6. The predicted octanol–water partition coefficient (Wildman–Crippen LogP) is -1.25. The summed E-state index contributed by atoms with van der Waals surface area (Å²) < 4.78 is 4.15. The number of hydrogen-bond donors (Lipinski definition) is 4. The second kappa shape index (κ2) is 3.58. The van der Waals surface area contributed by atoms with E-state index in [1.54, 1.807) is 0 Å². The van der Waals surface area contributed by atoms with Crippen molar-refractivity contribution in [3.63, 3.8) is 0 Å². The van der Waals surface area contributed by atoms with Gasteiger partial charge in [0.1, 0.15) is 11.4 Å². The molecule has 0 aliphatic heterocycles. The summed E-state index contributed by atoms with van der Waals surface area (Å²) in [5.41, 5.74) is -0.225. The highest BCUT2D eigenvalue weighted by molar-refractivity contribution is 5.85. The van der Waals surface area contributed by atoms with Crippen LogP contribution in [-0.4, -0.2) is 37.5 Å². The SMILES string of the molecule is O=C(O)c1ccc(OC(O)(O)O)cn1. The van der Waals surface area contributed by atoms with E-state index in [2.05, 4.69) is 9.72 Å². The van der Waals surface area contributed by atoms with Gasteiger partial charge in [0.05, 0.1) is 6.20 Å². The molecule has 7 nitrogen and oxygen atoms in total. The second-order valence-corrected chi connectivity index (χ2v) is 2.36. The summed E-state index contributed by atoms with van der Waals surface area (Å²) in [6.07, 6.45) is -2.37. The average molecular weight is 201 g/mol. The van der Waals surface area contributed by atoms with Crippen LogP contribution in [0.3, 0.4) is 0 Å². The lowest BCUT2D eigenvalue weighted by Gasteiger charge is -2.14. The Kier molecular flexibility index (Phi) is 2.65. The van der Waals surface area contributed by atoms with Crippen LogP contribution in [0.2, 0.25) is 0 Å². The molecule has 0 aromatic carbocycles. The Hall–Kier alpha value is -1.70. The van der Waals surface area contributed by atoms with E-state index in [0.29, 0.717) is 0 Å². The maximum absolute atomic E-state index is 10.3. The van der Waals surface area contributed by atoms with Crippen LogP contribution in [0.5, 0.6) is 5.75 Å². The molecule has 0 saturated carbocycles. The first kappa shape index (κ1) is 10.4. The third-order valence-electron chi connectivity index (χ3n) is 1.21. The Morgan fingerprint density at radius 1 is 1.36 bits per heavy atom. The molecule has 0 aliphatic rings. The molecule has 4 N–H and O–H groups in total. The lowest BCUT2D eigenvalue weighted by Crippen LogP contribution is -2.34. The Morgan fingerprint density at radius 3 is 2.36 bits per heavy atom. The molecule has 0 atom stereocenters. The number of aromatic carboxylic acids is 1. The van der Waals surface area contributed by atoms with E-state index < -0.39 is 12.1 Å². The van der Waals surface area contributed by atoms with Crippen LogP contribution in [0.1, 0.15) is 10.5 Å². The number of carboxylic acids is 1. The molecule has 0 fully saturated rings. The van der Waals surface area contributed by atoms with E-state index in [1.807, 2.05) is 0 Å². The summed E-state index contributed by atoms with van der Waals surface area (Å²) in [6, 6.07) is 2.21. The number of nitrogens with zero attached hydrogens (tertiary/aromatic N) is 1. The summed E-state index contributed by atoms with van der Waals surface area (Å²) in [5, 5.41) is 33.6. The lowest BCUT2D eigenvalue weighted by atomic mass is 10.3. The molecule has 0 amide bonds. The molecule has 0 unspecified atom stereocenters. The van der Waals surface area contributed by atoms with Gasteiger partial charge in [-0.25, -0.2) is 9.78 Å². The zero-order chi connectivity index (χ0) is 10.8. The van der Waals surface area contributed by atoms with E-state index in [0.717, 1.165) is 18.3 Å². The fourth-order valence-corrected chi connectivity index (χ4v) is 0.725. The highest BCUT2D eigenvalue weighted by Crippen LogP contribution is 2.12. The van der Waals surface area contributed by atoms with Gasteiger partial charge >= 0.3 is 12.1 Å². The number of rotatable bonds is 3. The fraction of sp³-hybridized carbons (Fsp3) is 0.143. The number of carbonyl (C=O) groups is 1. The normalized spacial score (nSPS) is 11.1. The van der Waals surface area contributed by atoms with Crippen LogP contribution in [0.25, 0.3) is 0 Å². The second-order valence-electron chi connectivity index (χ2n) is 2.36. The fourth-order valence-electron chi connectivity index (χ4n) is 0.725. The van der Waals surface area contributed by atoms with Gasteiger partial charge in [0.25, 0.3) is 0 Å². The molecule has 1 aromatic rings. The maximum Gasteiger partial charge on any atom is 0.453 e. The van der Waals surface area contributed by atoms with Gasteiger partial charge in [0.15, 0.2) is 0 Å². The third kappa shape index (κ3) is 2.98. The Bertz CT molecular complexity index is 327. The monoisotopic (exact) mass is 201 g/mol. The number of carboxylic acid groups (broad SMARTS) is 1. The quantitative estimate of drug-likeness (QED) is 0.451. The number of pyridine rings is 1. The molecule has 7 heteroatoms. The summed E-state index contributed by atoms with van der Waals surface area (Å²) in [7, 11) is 0. The Morgan fingerprint density at radius 2 is 2.00 bits per heavy atom. The van der Waals surface area contributed by atoms with Gasteiger partial charge in [-0.2, -0.15) is 0 Å². The first-order valence-electron chi connectivity index (χ1n) is 3.44. The number of ether oxygens (including phenoxy) is 1. The summed E-state index contributed by atoms with van der Waals surface area (Å²) >= 11 is 0. The Labute approximate surface area is 77.8 Å². The van der Waals surface area contributed by atoms with Gasteiger partial charge in [0.2, 0.25) is 0 Å².